The number of hydrogen-bond donors (Lipinski definition) is 0. The second-order valence-corrected chi connectivity index (χ2v) is 2.35. The van der Waals surface area contributed by atoms with Crippen LogP contribution in [-0.2, 0) is 0 Å². The molecule has 0 aliphatic heterocycles. The molecule has 0 amide bonds. The molecule has 2 aromatic rings. The predicted molar refractivity (Wildman–Crippen MR) is 41.7 cm³/mol. The number of rotatable bonds is 1. The van der Waals surface area contributed by atoms with Crippen molar-refractivity contribution in [2.45, 2.75) is 6.92 Å². The van der Waals surface area contributed by atoms with Crippen molar-refractivity contribution in [3.63, 3.8) is 0 Å². The van der Waals surface area contributed by atoms with Crippen LogP contribution in [0, 0.1) is 6.92 Å². The van der Waals surface area contributed by atoms with Gasteiger partial charge in [-0.2, -0.15) is 10.2 Å². The molecule has 0 saturated heterocycles. The minimum atomic E-state index is 0.718. The number of aromatic nitrogens is 5. The summed E-state index contributed by atoms with van der Waals surface area (Å²) in [5, 5.41) is 7.93. The van der Waals surface area contributed by atoms with Gasteiger partial charge in [0.05, 0.1) is 12.4 Å². The Kier molecular flexibility index (Phi) is 1.55. The van der Waals surface area contributed by atoms with Gasteiger partial charge in [0.25, 0.3) is 0 Å². The topological polar surface area (TPSA) is 56.5 Å². The van der Waals surface area contributed by atoms with Gasteiger partial charge in [-0.05, 0) is 6.92 Å². The van der Waals surface area contributed by atoms with Crippen molar-refractivity contribution in [3.8, 4) is 5.82 Å². The first-order valence-electron chi connectivity index (χ1n) is 3.51. The van der Waals surface area contributed by atoms with E-state index in [0.29, 0.717) is 0 Å². The number of aryl methyl sites for hydroxylation is 1. The third-order valence-electron chi connectivity index (χ3n) is 1.48. The Morgan fingerprint density at radius 3 is 2.67 bits per heavy atom. The lowest BCUT2D eigenvalue weighted by Gasteiger charge is -1.99. The summed E-state index contributed by atoms with van der Waals surface area (Å²) in [5.41, 5.74) is 0.953. The largest absolute Gasteiger partial charge is 0.244 e. The normalized spacial score (nSPS) is 10.1. The first kappa shape index (κ1) is 6.90. The fraction of sp³-hybridized carbons (Fsp3) is 0.143. The zero-order valence-corrected chi connectivity index (χ0v) is 6.55. The zero-order valence-electron chi connectivity index (χ0n) is 6.55. The van der Waals surface area contributed by atoms with E-state index in [1.54, 1.807) is 18.6 Å². The second-order valence-electron chi connectivity index (χ2n) is 2.35. The fourth-order valence-corrected chi connectivity index (χ4v) is 0.927. The van der Waals surface area contributed by atoms with Crippen molar-refractivity contribution in [1.82, 2.24) is 25.0 Å². The van der Waals surface area contributed by atoms with E-state index >= 15 is 0 Å². The number of hydrogen-bond acceptors (Lipinski definition) is 4. The third-order valence-corrected chi connectivity index (χ3v) is 1.48. The SMILES string of the molecule is Cc1cncnc1-n1nccn1. The molecule has 0 saturated carbocycles. The van der Waals surface area contributed by atoms with E-state index in [-0.39, 0.29) is 0 Å². The van der Waals surface area contributed by atoms with Crippen molar-refractivity contribution in [3.05, 3.63) is 30.5 Å². The summed E-state index contributed by atoms with van der Waals surface area (Å²) in [6.07, 6.45) is 6.43. The monoisotopic (exact) mass is 161 g/mol. The summed E-state index contributed by atoms with van der Waals surface area (Å²) in [6, 6.07) is 0. The minimum absolute atomic E-state index is 0.718. The molecular formula is C7H7N5. The van der Waals surface area contributed by atoms with E-state index in [1.807, 2.05) is 6.92 Å². The quantitative estimate of drug-likeness (QED) is 0.606. The van der Waals surface area contributed by atoms with Gasteiger partial charge in [-0.3, -0.25) is 0 Å². The lowest BCUT2D eigenvalue weighted by atomic mass is 10.4. The molecule has 0 unspecified atom stereocenters. The van der Waals surface area contributed by atoms with E-state index < -0.39 is 0 Å². The second kappa shape index (κ2) is 2.69. The number of nitrogens with zero attached hydrogens (tertiary/aromatic N) is 5. The zero-order chi connectivity index (χ0) is 8.39. The Bertz CT molecular complexity index is 367. The van der Waals surface area contributed by atoms with Crippen LogP contribution >= 0.6 is 0 Å². The summed E-state index contributed by atoms with van der Waals surface area (Å²) in [7, 11) is 0. The first-order valence-corrected chi connectivity index (χ1v) is 3.51. The van der Waals surface area contributed by atoms with Gasteiger partial charge in [-0.1, -0.05) is 0 Å². The molecule has 0 spiro atoms. The Morgan fingerprint density at radius 1 is 1.25 bits per heavy atom. The van der Waals surface area contributed by atoms with E-state index in [2.05, 4.69) is 20.2 Å². The van der Waals surface area contributed by atoms with Gasteiger partial charge in [0.15, 0.2) is 5.82 Å². The molecule has 0 N–H and O–H groups in total. The third kappa shape index (κ3) is 1.05. The summed E-state index contributed by atoms with van der Waals surface area (Å²) >= 11 is 0. The molecule has 0 aliphatic rings. The molecule has 0 bridgehead atoms. The van der Waals surface area contributed by atoms with E-state index in [1.165, 1.54) is 11.1 Å². The van der Waals surface area contributed by atoms with Crippen LogP contribution in [0.5, 0.6) is 0 Å². The summed E-state index contributed by atoms with van der Waals surface area (Å²) in [6.45, 7) is 1.92. The average Bonchev–Trinajstić information content (AvgIpc) is 2.57. The van der Waals surface area contributed by atoms with Gasteiger partial charge in [0, 0.05) is 11.8 Å². The summed E-state index contributed by atoms with van der Waals surface area (Å²) < 4.78 is 0. The van der Waals surface area contributed by atoms with Crippen LogP contribution in [0.3, 0.4) is 0 Å². The van der Waals surface area contributed by atoms with Crippen molar-refractivity contribution < 1.29 is 0 Å². The molecule has 5 heteroatoms. The molecule has 0 aliphatic carbocycles. The van der Waals surface area contributed by atoms with Crippen LogP contribution in [0.2, 0.25) is 0 Å². The van der Waals surface area contributed by atoms with Crippen molar-refractivity contribution in [1.29, 1.82) is 0 Å². The predicted octanol–water partition coefficient (Wildman–Crippen LogP) is 0.366. The maximum absolute atomic E-state index is 4.05. The van der Waals surface area contributed by atoms with E-state index in [4.69, 9.17) is 0 Å². The molecule has 60 valence electrons. The molecule has 2 heterocycles. The van der Waals surface area contributed by atoms with Gasteiger partial charge >= 0.3 is 0 Å². The van der Waals surface area contributed by atoms with Crippen LogP contribution in [0.1, 0.15) is 5.56 Å². The molecular weight excluding hydrogens is 154 g/mol. The van der Waals surface area contributed by atoms with Crippen molar-refractivity contribution in [2.24, 2.45) is 0 Å². The van der Waals surface area contributed by atoms with E-state index in [0.717, 1.165) is 11.4 Å². The highest BCUT2D eigenvalue weighted by Gasteiger charge is 2.01. The smallest absolute Gasteiger partial charge is 0.180 e. The fourth-order valence-electron chi connectivity index (χ4n) is 0.927. The van der Waals surface area contributed by atoms with Crippen LogP contribution < -0.4 is 0 Å². The molecule has 12 heavy (non-hydrogen) atoms. The lowest BCUT2D eigenvalue weighted by molar-refractivity contribution is 0.719. The Hall–Kier alpha value is -1.78. The van der Waals surface area contributed by atoms with Crippen LogP contribution in [0.25, 0.3) is 5.82 Å². The lowest BCUT2D eigenvalue weighted by Crippen LogP contribution is -2.03. The highest BCUT2D eigenvalue weighted by atomic mass is 15.5. The Labute approximate surface area is 69.1 Å². The molecule has 0 radical (unpaired) electrons. The molecule has 2 rings (SSSR count). The highest BCUT2D eigenvalue weighted by Crippen LogP contribution is 2.03. The van der Waals surface area contributed by atoms with Gasteiger partial charge in [0.1, 0.15) is 6.33 Å². The van der Waals surface area contributed by atoms with Crippen LogP contribution in [0.15, 0.2) is 24.9 Å². The standard InChI is InChI=1S/C7H7N5/c1-6-4-8-5-9-7(6)12-10-2-3-11-12/h2-5H,1H3. The Balaban J connectivity index is 2.55. The molecule has 0 aromatic carbocycles. The van der Waals surface area contributed by atoms with Crippen LogP contribution in [0.4, 0.5) is 0 Å². The molecule has 2 aromatic heterocycles. The molecule has 0 fully saturated rings. The maximum atomic E-state index is 4.05. The van der Waals surface area contributed by atoms with Crippen LogP contribution in [-0.4, -0.2) is 25.0 Å². The van der Waals surface area contributed by atoms with Gasteiger partial charge < -0.3 is 0 Å². The van der Waals surface area contributed by atoms with Gasteiger partial charge in [0.2, 0.25) is 0 Å². The minimum Gasteiger partial charge on any atom is -0.244 e. The van der Waals surface area contributed by atoms with Gasteiger partial charge in [-0.15, -0.1) is 4.80 Å². The van der Waals surface area contributed by atoms with Gasteiger partial charge in [-0.25, -0.2) is 9.97 Å². The van der Waals surface area contributed by atoms with E-state index in [9.17, 15) is 0 Å². The maximum Gasteiger partial charge on any atom is 0.180 e. The van der Waals surface area contributed by atoms with Crippen molar-refractivity contribution >= 4 is 0 Å². The average molecular weight is 161 g/mol. The molecule has 0 atom stereocenters. The van der Waals surface area contributed by atoms with Crippen molar-refractivity contribution in [2.75, 3.05) is 0 Å². The molecule has 5 nitrogen and oxygen atoms in total. The highest BCUT2D eigenvalue weighted by molar-refractivity contribution is 5.26. The Morgan fingerprint density at radius 2 is 2.00 bits per heavy atom. The summed E-state index contributed by atoms with van der Waals surface area (Å²) in [5.74, 6) is 0.718. The first-order chi connectivity index (χ1) is 5.88. The summed E-state index contributed by atoms with van der Waals surface area (Å²) in [4.78, 5) is 9.39.